The van der Waals surface area contributed by atoms with Gasteiger partial charge in [-0.25, -0.2) is 4.98 Å². The molecule has 0 saturated heterocycles. The molecule has 0 radical (unpaired) electrons. The standard InChI is InChI=1S/C28H26N4/c1-21-13-25-11-12-26(24-5-3-2-4-6-24)14-27(25)18-31(21)19-28-16-30-20-32(28)17-23-9-7-22(15-29)8-10-23/h2-12,14,16,20-21H,13,17-19H2,1H3/t21-/m1/s1. The van der Waals surface area contributed by atoms with E-state index in [1.807, 2.05) is 36.8 Å². The largest absolute Gasteiger partial charge is 0.329 e. The summed E-state index contributed by atoms with van der Waals surface area (Å²) in [5.41, 5.74) is 8.50. The third kappa shape index (κ3) is 4.21. The van der Waals surface area contributed by atoms with Gasteiger partial charge in [0.15, 0.2) is 0 Å². The maximum Gasteiger partial charge on any atom is 0.0991 e. The maximum absolute atomic E-state index is 9.02. The molecule has 0 fully saturated rings. The number of benzene rings is 3. The van der Waals surface area contributed by atoms with E-state index in [0.29, 0.717) is 11.6 Å². The summed E-state index contributed by atoms with van der Waals surface area (Å²) >= 11 is 0. The number of aromatic nitrogens is 2. The summed E-state index contributed by atoms with van der Waals surface area (Å²) in [7, 11) is 0. The zero-order chi connectivity index (χ0) is 21.9. The topological polar surface area (TPSA) is 44.9 Å². The van der Waals surface area contributed by atoms with Crippen LogP contribution in [-0.2, 0) is 26.1 Å². The summed E-state index contributed by atoms with van der Waals surface area (Å²) in [5.74, 6) is 0. The van der Waals surface area contributed by atoms with E-state index >= 15 is 0 Å². The fourth-order valence-electron chi connectivity index (χ4n) is 4.53. The van der Waals surface area contributed by atoms with E-state index < -0.39 is 0 Å². The summed E-state index contributed by atoms with van der Waals surface area (Å²) in [6.45, 7) is 4.89. The first-order chi connectivity index (χ1) is 15.7. The summed E-state index contributed by atoms with van der Waals surface area (Å²) in [6, 6.07) is 28.0. The van der Waals surface area contributed by atoms with Crippen molar-refractivity contribution in [2.75, 3.05) is 0 Å². The molecule has 0 amide bonds. The van der Waals surface area contributed by atoms with Crippen LogP contribution in [0.15, 0.2) is 85.3 Å². The molecule has 1 aromatic heterocycles. The van der Waals surface area contributed by atoms with Crippen LogP contribution in [0.4, 0.5) is 0 Å². The number of rotatable bonds is 5. The van der Waals surface area contributed by atoms with Crippen molar-refractivity contribution in [3.05, 3.63) is 113 Å². The third-order valence-electron chi connectivity index (χ3n) is 6.43. The minimum Gasteiger partial charge on any atom is -0.329 e. The number of hydrogen-bond donors (Lipinski definition) is 0. The van der Waals surface area contributed by atoms with Crippen LogP contribution < -0.4 is 0 Å². The van der Waals surface area contributed by atoms with Gasteiger partial charge in [0, 0.05) is 31.9 Å². The lowest BCUT2D eigenvalue weighted by Gasteiger charge is -2.35. The monoisotopic (exact) mass is 418 g/mol. The van der Waals surface area contributed by atoms with E-state index in [1.165, 1.54) is 33.5 Å². The molecule has 1 atom stereocenters. The first kappa shape index (κ1) is 20.2. The van der Waals surface area contributed by atoms with E-state index in [9.17, 15) is 0 Å². The van der Waals surface area contributed by atoms with Crippen molar-refractivity contribution < 1.29 is 0 Å². The number of imidazole rings is 1. The molecule has 0 saturated carbocycles. The lowest BCUT2D eigenvalue weighted by Crippen LogP contribution is -2.38. The normalized spacial score (nSPS) is 15.8. The van der Waals surface area contributed by atoms with Gasteiger partial charge in [-0.3, -0.25) is 4.90 Å². The van der Waals surface area contributed by atoms with E-state index in [4.69, 9.17) is 5.26 Å². The molecule has 5 rings (SSSR count). The number of nitrogens with zero attached hydrogens (tertiary/aromatic N) is 4. The van der Waals surface area contributed by atoms with Crippen LogP contribution >= 0.6 is 0 Å². The zero-order valence-corrected chi connectivity index (χ0v) is 18.3. The Kier molecular flexibility index (Phi) is 5.58. The van der Waals surface area contributed by atoms with Crippen LogP contribution in [0, 0.1) is 11.3 Å². The molecule has 2 heterocycles. The Balaban J connectivity index is 1.34. The number of nitriles is 1. The summed E-state index contributed by atoms with van der Waals surface area (Å²) in [6.07, 6.45) is 4.95. The van der Waals surface area contributed by atoms with Crippen molar-refractivity contribution in [1.82, 2.24) is 14.5 Å². The van der Waals surface area contributed by atoms with Crippen molar-refractivity contribution >= 4 is 0 Å². The van der Waals surface area contributed by atoms with Gasteiger partial charge in [-0.05, 0) is 59.4 Å². The predicted octanol–water partition coefficient (Wildman–Crippen LogP) is 5.42. The van der Waals surface area contributed by atoms with Crippen LogP contribution in [0.1, 0.15) is 34.9 Å². The molecule has 32 heavy (non-hydrogen) atoms. The fraction of sp³-hybridized carbons (Fsp3) is 0.214. The number of fused-ring (bicyclic) bond motifs is 1. The molecular formula is C28H26N4. The Morgan fingerprint density at radius 3 is 2.53 bits per heavy atom. The highest BCUT2D eigenvalue weighted by Gasteiger charge is 2.24. The van der Waals surface area contributed by atoms with Gasteiger partial charge in [-0.1, -0.05) is 54.6 Å². The first-order valence-corrected chi connectivity index (χ1v) is 11.1. The van der Waals surface area contributed by atoms with Crippen LogP contribution in [0.2, 0.25) is 0 Å². The molecule has 4 nitrogen and oxygen atoms in total. The summed E-state index contributed by atoms with van der Waals surface area (Å²) in [4.78, 5) is 6.97. The molecule has 0 N–H and O–H groups in total. The molecular weight excluding hydrogens is 392 g/mol. The predicted molar refractivity (Wildman–Crippen MR) is 127 cm³/mol. The van der Waals surface area contributed by atoms with Crippen LogP contribution in [0.5, 0.6) is 0 Å². The van der Waals surface area contributed by atoms with Crippen LogP contribution in [0.3, 0.4) is 0 Å². The van der Waals surface area contributed by atoms with Gasteiger partial charge in [0.2, 0.25) is 0 Å². The zero-order valence-electron chi connectivity index (χ0n) is 18.3. The van der Waals surface area contributed by atoms with Crippen molar-refractivity contribution in [2.24, 2.45) is 0 Å². The minimum atomic E-state index is 0.475. The van der Waals surface area contributed by atoms with Crippen molar-refractivity contribution in [1.29, 1.82) is 5.26 Å². The van der Waals surface area contributed by atoms with Crippen LogP contribution in [0.25, 0.3) is 11.1 Å². The van der Waals surface area contributed by atoms with E-state index in [1.54, 1.807) is 0 Å². The van der Waals surface area contributed by atoms with Gasteiger partial charge in [-0.2, -0.15) is 5.26 Å². The van der Waals surface area contributed by atoms with E-state index in [0.717, 1.165) is 26.1 Å². The van der Waals surface area contributed by atoms with Gasteiger partial charge in [-0.15, -0.1) is 0 Å². The molecule has 4 heteroatoms. The molecule has 1 aliphatic rings. The fourth-order valence-corrected chi connectivity index (χ4v) is 4.53. The Morgan fingerprint density at radius 1 is 0.938 bits per heavy atom. The molecule has 158 valence electrons. The van der Waals surface area contributed by atoms with Crippen molar-refractivity contribution in [3.8, 4) is 17.2 Å². The molecule has 0 spiro atoms. The Hall–Kier alpha value is -3.68. The van der Waals surface area contributed by atoms with E-state index in [2.05, 4.69) is 76.0 Å². The summed E-state index contributed by atoms with van der Waals surface area (Å²) in [5, 5.41) is 9.02. The molecule has 1 aliphatic heterocycles. The third-order valence-corrected chi connectivity index (χ3v) is 6.43. The molecule has 0 unspecified atom stereocenters. The van der Waals surface area contributed by atoms with E-state index in [-0.39, 0.29) is 0 Å². The molecule has 0 aliphatic carbocycles. The first-order valence-electron chi connectivity index (χ1n) is 11.1. The highest BCUT2D eigenvalue weighted by atomic mass is 15.2. The SMILES string of the molecule is C[C@@H]1Cc2ccc(-c3ccccc3)cc2CN1Cc1cncn1Cc1ccc(C#N)cc1. The minimum absolute atomic E-state index is 0.475. The van der Waals surface area contributed by atoms with Crippen molar-refractivity contribution in [2.45, 2.75) is 39.0 Å². The highest BCUT2D eigenvalue weighted by molar-refractivity contribution is 5.65. The molecule has 3 aromatic carbocycles. The lowest BCUT2D eigenvalue weighted by atomic mass is 9.91. The highest BCUT2D eigenvalue weighted by Crippen LogP contribution is 2.29. The Bertz CT molecular complexity index is 1250. The second-order valence-electron chi connectivity index (χ2n) is 8.63. The van der Waals surface area contributed by atoms with Gasteiger partial charge < -0.3 is 4.57 Å². The summed E-state index contributed by atoms with van der Waals surface area (Å²) < 4.78 is 2.21. The number of hydrogen-bond acceptors (Lipinski definition) is 3. The Labute approximate surface area is 189 Å². The van der Waals surface area contributed by atoms with Crippen molar-refractivity contribution in [3.63, 3.8) is 0 Å². The maximum atomic E-state index is 9.02. The van der Waals surface area contributed by atoms with Gasteiger partial charge in [0.1, 0.15) is 0 Å². The average molecular weight is 419 g/mol. The van der Waals surface area contributed by atoms with Gasteiger partial charge in [0.25, 0.3) is 0 Å². The smallest absolute Gasteiger partial charge is 0.0991 e. The lowest BCUT2D eigenvalue weighted by molar-refractivity contribution is 0.171. The van der Waals surface area contributed by atoms with Gasteiger partial charge in [0.05, 0.1) is 23.7 Å². The van der Waals surface area contributed by atoms with Gasteiger partial charge >= 0.3 is 0 Å². The van der Waals surface area contributed by atoms with Crippen LogP contribution in [-0.4, -0.2) is 20.5 Å². The second-order valence-corrected chi connectivity index (χ2v) is 8.63. The quantitative estimate of drug-likeness (QED) is 0.435. The average Bonchev–Trinajstić information content (AvgIpc) is 3.27. The Morgan fingerprint density at radius 2 is 1.75 bits per heavy atom. The second kappa shape index (κ2) is 8.82. The molecule has 4 aromatic rings. The molecule has 0 bridgehead atoms.